The summed E-state index contributed by atoms with van der Waals surface area (Å²) in [4.78, 5) is 24.7. The van der Waals surface area contributed by atoms with Gasteiger partial charge in [0.05, 0.1) is 6.54 Å². The summed E-state index contributed by atoms with van der Waals surface area (Å²) in [6, 6.07) is 9.60. The molecular formula is C16H21N3O3. The molecule has 2 heterocycles. The van der Waals surface area contributed by atoms with E-state index in [-0.39, 0.29) is 23.9 Å². The monoisotopic (exact) mass is 303 g/mol. The quantitative estimate of drug-likeness (QED) is 0.873. The highest BCUT2D eigenvalue weighted by atomic mass is 16.5. The van der Waals surface area contributed by atoms with Gasteiger partial charge in [-0.05, 0) is 18.4 Å². The number of imide groups is 1. The Morgan fingerprint density at radius 3 is 2.59 bits per heavy atom. The van der Waals surface area contributed by atoms with Gasteiger partial charge in [0, 0.05) is 31.2 Å². The average Bonchev–Trinajstić information content (AvgIpc) is 2.47. The predicted molar refractivity (Wildman–Crippen MR) is 81.0 cm³/mol. The van der Waals surface area contributed by atoms with Crippen molar-refractivity contribution in [3.05, 3.63) is 35.9 Å². The van der Waals surface area contributed by atoms with Crippen LogP contribution in [0.25, 0.3) is 0 Å². The molecule has 6 nitrogen and oxygen atoms in total. The third kappa shape index (κ3) is 2.84. The maximum absolute atomic E-state index is 11.8. The number of primary amides is 1. The molecule has 1 atom stereocenters. The van der Waals surface area contributed by atoms with Gasteiger partial charge in [-0.15, -0.1) is 0 Å². The van der Waals surface area contributed by atoms with Gasteiger partial charge in [0.15, 0.2) is 0 Å². The van der Waals surface area contributed by atoms with Gasteiger partial charge < -0.3 is 10.5 Å². The Hall–Kier alpha value is -1.92. The van der Waals surface area contributed by atoms with Crippen LogP contribution in [-0.4, -0.2) is 43.1 Å². The molecule has 1 aromatic carbocycles. The number of carbonyl (C=O) groups excluding carboxylic acids is 2. The van der Waals surface area contributed by atoms with Crippen molar-refractivity contribution in [2.24, 2.45) is 11.1 Å². The molecule has 6 heteroatoms. The van der Waals surface area contributed by atoms with Crippen LogP contribution in [0.2, 0.25) is 0 Å². The molecule has 1 aromatic rings. The highest BCUT2D eigenvalue weighted by molar-refractivity contribution is 5.94. The molecule has 22 heavy (non-hydrogen) atoms. The number of nitrogens with two attached hydrogens (primary N) is 1. The van der Waals surface area contributed by atoms with E-state index in [0.717, 1.165) is 32.6 Å². The first-order chi connectivity index (χ1) is 10.6. The number of nitrogens with zero attached hydrogens (tertiary/aromatic N) is 1. The van der Waals surface area contributed by atoms with E-state index in [2.05, 4.69) is 22.3 Å². The van der Waals surface area contributed by atoms with Crippen LogP contribution in [0.4, 0.5) is 4.79 Å². The molecule has 0 aliphatic carbocycles. The van der Waals surface area contributed by atoms with Crippen molar-refractivity contribution in [3.8, 4) is 0 Å². The van der Waals surface area contributed by atoms with Crippen LogP contribution in [-0.2, 0) is 9.53 Å². The Bertz CT molecular complexity index is 555. The minimum Gasteiger partial charge on any atom is -0.381 e. The summed E-state index contributed by atoms with van der Waals surface area (Å²) in [5, 5.41) is 2.14. The van der Waals surface area contributed by atoms with Gasteiger partial charge in [0.1, 0.15) is 0 Å². The van der Waals surface area contributed by atoms with Gasteiger partial charge >= 0.3 is 6.03 Å². The third-order valence-electron chi connectivity index (χ3n) is 4.68. The zero-order valence-electron chi connectivity index (χ0n) is 12.5. The number of ether oxygens (including phenoxy) is 1. The molecular weight excluding hydrogens is 282 g/mol. The van der Waals surface area contributed by atoms with Crippen LogP contribution in [0.5, 0.6) is 0 Å². The summed E-state index contributed by atoms with van der Waals surface area (Å²) < 4.78 is 5.49. The summed E-state index contributed by atoms with van der Waals surface area (Å²) >= 11 is 0. The highest BCUT2D eigenvalue weighted by Crippen LogP contribution is 2.54. The Kier molecular flexibility index (Phi) is 4.13. The fourth-order valence-electron chi connectivity index (χ4n) is 3.77. The molecule has 0 radical (unpaired) electrons. The lowest BCUT2D eigenvalue weighted by molar-refractivity contribution is -0.147. The molecule has 0 bridgehead atoms. The lowest BCUT2D eigenvalue weighted by Gasteiger charge is -2.59. The zero-order valence-corrected chi connectivity index (χ0v) is 12.5. The molecule has 3 rings (SSSR count). The largest absolute Gasteiger partial charge is 0.381 e. The Morgan fingerprint density at radius 1 is 1.27 bits per heavy atom. The molecule has 3 N–H and O–H groups in total. The van der Waals surface area contributed by atoms with Crippen molar-refractivity contribution < 1.29 is 14.3 Å². The van der Waals surface area contributed by atoms with E-state index in [9.17, 15) is 9.59 Å². The van der Waals surface area contributed by atoms with Crippen LogP contribution in [0.3, 0.4) is 0 Å². The molecule has 2 aliphatic rings. The first kappa shape index (κ1) is 15.0. The van der Waals surface area contributed by atoms with Crippen molar-refractivity contribution >= 4 is 11.9 Å². The van der Waals surface area contributed by atoms with E-state index in [1.807, 2.05) is 18.2 Å². The van der Waals surface area contributed by atoms with Crippen molar-refractivity contribution in [1.82, 2.24) is 10.2 Å². The second-order valence-electron chi connectivity index (χ2n) is 6.11. The molecule has 118 valence electrons. The number of hydrogen-bond acceptors (Lipinski definition) is 4. The minimum atomic E-state index is -0.803. The lowest BCUT2D eigenvalue weighted by atomic mass is 9.64. The van der Waals surface area contributed by atoms with Gasteiger partial charge in [-0.2, -0.15) is 0 Å². The van der Waals surface area contributed by atoms with Gasteiger partial charge in [-0.3, -0.25) is 15.0 Å². The summed E-state index contributed by atoms with van der Waals surface area (Å²) in [6.45, 7) is 2.57. The third-order valence-corrected chi connectivity index (χ3v) is 4.68. The van der Waals surface area contributed by atoms with Crippen LogP contribution in [0.1, 0.15) is 24.4 Å². The Labute approximate surface area is 129 Å². The number of nitrogens with one attached hydrogen (secondary N) is 1. The van der Waals surface area contributed by atoms with Gasteiger partial charge in [0.25, 0.3) is 0 Å². The number of hydrogen-bond donors (Lipinski definition) is 2. The van der Waals surface area contributed by atoms with E-state index in [0.29, 0.717) is 0 Å². The summed E-state index contributed by atoms with van der Waals surface area (Å²) in [5.41, 5.74) is 6.39. The first-order valence-corrected chi connectivity index (χ1v) is 7.57. The SMILES string of the molecule is NC(=O)NC(=O)CN1CC2(CCOCC2)C1c1ccccc1. The summed E-state index contributed by atoms with van der Waals surface area (Å²) in [6.07, 6.45) is 2.00. The van der Waals surface area contributed by atoms with E-state index < -0.39 is 6.03 Å². The van der Waals surface area contributed by atoms with Crippen LogP contribution >= 0.6 is 0 Å². The number of rotatable bonds is 3. The molecule has 1 unspecified atom stereocenters. The minimum absolute atomic E-state index is 0.173. The number of urea groups is 1. The molecule has 2 aliphatic heterocycles. The molecule has 2 saturated heterocycles. The molecule has 2 fully saturated rings. The average molecular weight is 303 g/mol. The number of benzene rings is 1. The number of likely N-dealkylation sites (tertiary alicyclic amines) is 1. The predicted octanol–water partition coefficient (Wildman–Crippen LogP) is 1.03. The first-order valence-electron chi connectivity index (χ1n) is 7.57. The summed E-state index contributed by atoms with van der Waals surface area (Å²) in [5.74, 6) is -0.352. The highest BCUT2D eigenvalue weighted by Gasteiger charge is 2.53. The normalized spacial score (nSPS) is 23.7. The Balaban J connectivity index is 1.77. The van der Waals surface area contributed by atoms with Crippen LogP contribution in [0.15, 0.2) is 30.3 Å². The van der Waals surface area contributed by atoms with E-state index >= 15 is 0 Å². The van der Waals surface area contributed by atoms with E-state index in [1.165, 1.54) is 5.56 Å². The lowest BCUT2D eigenvalue weighted by Crippen LogP contribution is -2.62. The Morgan fingerprint density at radius 2 is 1.95 bits per heavy atom. The summed E-state index contributed by atoms with van der Waals surface area (Å²) in [7, 11) is 0. The fourth-order valence-corrected chi connectivity index (χ4v) is 3.77. The van der Waals surface area contributed by atoms with E-state index in [4.69, 9.17) is 10.5 Å². The number of carbonyl (C=O) groups is 2. The number of amides is 3. The standard InChI is InChI=1S/C16H21N3O3/c17-15(21)18-13(20)10-19-11-16(6-8-22-9-7-16)14(19)12-4-2-1-3-5-12/h1-5,14H,6-11H2,(H3,17,18,20,21). The smallest absolute Gasteiger partial charge is 0.318 e. The van der Waals surface area contributed by atoms with Crippen LogP contribution < -0.4 is 11.1 Å². The van der Waals surface area contributed by atoms with Crippen LogP contribution in [0, 0.1) is 5.41 Å². The maximum atomic E-state index is 11.8. The van der Waals surface area contributed by atoms with Gasteiger partial charge in [-0.1, -0.05) is 30.3 Å². The topological polar surface area (TPSA) is 84.7 Å². The second kappa shape index (κ2) is 6.06. The zero-order chi connectivity index (χ0) is 15.6. The molecule has 3 amide bonds. The second-order valence-corrected chi connectivity index (χ2v) is 6.11. The maximum Gasteiger partial charge on any atom is 0.318 e. The van der Waals surface area contributed by atoms with Crippen molar-refractivity contribution in [2.75, 3.05) is 26.3 Å². The van der Waals surface area contributed by atoms with E-state index in [1.54, 1.807) is 0 Å². The van der Waals surface area contributed by atoms with Gasteiger partial charge in [-0.25, -0.2) is 4.79 Å². The van der Waals surface area contributed by atoms with Gasteiger partial charge in [0.2, 0.25) is 5.91 Å². The van der Waals surface area contributed by atoms with Crippen molar-refractivity contribution in [1.29, 1.82) is 0 Å². The van der Waals surface area contributed by atoms with Crippen molar-refractivity contribution in [3.63, 3.8) is 0 Å². The molecule has 0 aromatic heterocycles. The van der Waals surface area contributed by atoms with Crippen molar-refractivity contribution in [2.45, 2.75) is 18.9 Å². The molecule has 1 spiro atoms. The fraction of sp³-hybridized carbons (Fsp3) is 0.500. The molecule has 0 saturated carbocycles.